The standard InChI is InChI=1S/C17H23N3O3/c1-12(2)8-13(5-7-21)10-19-17(22)15-9-16(23-20-15)14-4-3-6-18-11-14/h3-4,6,9,11-13,21H,5,7-8,10H2,1-2H3,(H,19,22). The molecule has 2 heterocycles. The lowest BCUT2D eigenvalue weighted by molar-refractivity contribution is 0.0932. The summed E-state index contributed by atoms with van der Waals surface area (Å²) in [4.78, 5) is 16.2. The molecule has 1 unspecified atom stereocenters. The molecule has 0 fully saturated rings. The maximum absolute atomic E-state index is 12.2. The van der Waals surface area contributed by atoms with Gasteiger partial charge in [0.05, 0.1) is 0 Å². The molecule has 6 heteroatoms. The van der Waals surface area contributed by atoms with Gasteiger partial charge < -0.3 is 14.9 Å². The molecule has 1 atom stereocenters. The number of aliphatic hydroxyl groups excluding tert-OH is 1. The Morgan fingerprint density at radius 3 is 2.91 bits per heavy atom. The normalized spacial score (nSPS) is 12.3. The average molecular weight is 317 g/mol. The Balaban J connectivity index is 1.94. The fraction of sp³-hybridized carbons (Fsp3) is 0.471. The Bertz CT molecular complexity index is 611. The minimum absolute atomic E-state index is 0.127. The third-order valence-corrected chi connectivity index (χ3v) is 3.58. The van der Waals surface area contributed by atoms with Crippen LogP contribution in [0.2, 0.25) is 0 Å². The van der Waals surface area contributed by atoms with Crippen LogP contribution in [0, 0.1) is 11.8 Å². The van der Waals surface area contributed by atoms with Crippen LogP contribution in [0.25, 0.3) is 11.3 Å². The first kappa shape index (κ1) is 17.1. The van der Waals surface area contributed by atoms with Crippen LogP contribution in [-0.2, 0) is 0 Å². The van der Waals surface area contributed by atoms with E-state index in [4.69, 9.17) is 9.63 Å². The first-order valence-corrected chi connectivity index (χ1v) is 7.86. The van der Waals surface area contributed by atoms with Gasteiger partial charge in [-0.05, 0) is 36.8 Å². The number of aromatic nitrogens is 2. The Labute approximate surface area is 135 Å². The fourth-order valence-electron chi connectivity index (χ4n) is 2.51. The van der Waals surface area contributed by atoms with E-state index in [1.54, 1.807) is 24.5 Å². The third kappa shape index (κ3) is 5.17. The number of rotatable bonds is 8. The molecule has 0 aliphatic carbocycles. The average Bonchev–Trinajstić information content (AvgIpc) is 3.03. The number of nitrogens with one attached hydrogen (secondary N) is 1. The van der Waals surface area contributed by atoms with Crippen molar-refractivity contribution in [3.63, 3.8) is 0 Å². The van der Waals surface area contributed by atoms with Crippen molar-refractivity contribution in [1.82, 2.24) is 15.5 Å². The summed E-state index contributed by atoms with van der Waals surface area (Å²) in [5.41, 5.74) is 1.02. The van der Waals surface area contributed by atoms with Crippen molar-refractivity contribution in [3.05, 3.63) is 36.3 Å². The molecule has 0 spiro atoms. The van der Waals surface area contributed by atoms with Crippen molar-refractivity contribution < 1.29 is 14.4 Å². The number of hydrogen-bond acceptors (Lipinski definition) is 5. The van der Waals surface area contributed by atoms with Gasteiger partial charge in [-0.2, -0.15) is 0 Å². The highest BCUT2D eigenvalue weighted by Gasteiger charge is 2.16. The molecule has 2 rings (SSSR count). The number of amides is 1. The van der Waals surface area contributed by atoms with Crippen molar-refractivity contribution >= 4 is 5.91 Å². The van der Waals surface area contributed by atoms with E-state index in [2.05, 4.69) is 29.3 Å². The minimum atomic E-state index is -0.268. The Kier molecular flexibility index (Phi) is 6.29. The van der Waals surface area contributed by atoms with Crippen molar-refractivity contribution in [3.8, 4) is 11.3 Å². The summed E-state index contributed by atoms with van der Waals surface area (Å²) in [6, 6.07) is 5.24. The van der Waals surface area contributed by atoms with E-state index in [9.17, 15) is 4.79 Å². The van der Waals surface area contributed by atoms with Crippen LogP contribution < -0.4 is 5.32 Å². The van der Waals surface area contributed by atoms with Gasteiger partial charge in [0.2, 0.25) is 0 Å². The monoisotopic (exact) mass is 317 g/mol. The second-order valence-electron chi connectivity index (χ2n) is 6.04. The molecule has 23 heavy (non-hydrogen) atoms. The number of pyridine rings is 1. The molecule has 0 saturated carbocycles. The quantitative estimate of drug-likeness (QED) is 0.781. The third-order valence-electron chi connectivity index (χ3n) is 3.58. The maximum atomic E-state index is 12.2. The van der Waals surface area contributed by atoms with Gasteiger partial charge in [-0.25, -0.2) is 0 Å². The molecule has 0 bridgehead atoms. The van der Waals surface area contributed by atoms with Crippen molar-refractivity contribution in [2.24, 2.45) is 11.8 Å². The van der Waals surface area contributed by atoms with Crippen molar-refractivity contribution in [2.45, 2.75) is 26.7 Å². The summed E-state index contributed by atoms with van der Waals surface area (Å²) in [6.07, 6.45) is 4.96. The van der Waals surface area contributed by atoms with Gasteiger partial charge in [-0.3, -0.25) is 9.78 Å². The fourth-order valence-corrected chi connectivity index (χ4v) is 2.51. The number of carbonyl (C=O) groups excluding carboxylic acids is 1. The zero-order chi connectivity index (χ0) is 16.7. The van der Waals surface area contributed by atoms with Crippen LogP contribution in [0.4, 0.5) is 0 Å². The minimum Gasteiger partial charge on any atom is -0.396 e. The number of aliphatic hydroxyl groups is 1. The lowest BCUT2D eigenvalue weighted by Gasteiger charge is -2.18. The topological polar surface area (TPSA) is 88.2 Å². The summed E-state index contributed by atoms with van der Waals surface area (Å²) in [6.45, 7) is 4.91. The second kappa shape index (κ2) is 8.43. The van der Waals surface area contributed by atoms with E-state index in [0.717, 1.165) is 12.0 Å². The molecule has 0 aliphatic heterocycles. The molecule has 6 nitrogen and oxygen atoms in total. The first-order valence-electron chi connectivity index (χ1n) is 7.86. The van der Waals surface area contributed by atoms with Gasteiger partial charge in [0.15, 0.2) is 11.5 Å². The zero-order valence-corrected chi connectivity index (χ0v) is 13.5. The van der Waals surface area contributed by atoms with E-state index in [1.165, 1.54) is 0 Å². The Morgan fingerprint density at radius 1 is 1.43 bits per heavy atom. The molecular formula is C17H23N3O3. The van der Waals surface area contributed by atoms with E-state index < -0.39 is 0 Å². The lowest BCUT2D eigenvalue weighted by Crippen LogP contribution is -2.30. The van der Waals surface area contributed by atoms with Crippen LogP contribution in [0.15, 0.2) is 35.1 Å². The van der Waals surface area contributed by atoms with Crippen LogP contribution in [-0.4, -0.2) is 34.3 Å². The molecule has 2 N–H and O–H groups in total. The molecule has 2 aromatic rings. The molecule has 0 radical (unpaired) electrons. The van der Waals surface area contributed by atoms with Gasteiger partial charge in [-0.15, -0.1) is 0 Å². The maximum Gasteiger partial charge on any atom is 0.273 e. The number of hydrogen-bond donors (Lipinski definition) is 2. The number of nitrogens with zero attached hydrogens (tertiary/aromatic N) is 2. The molecule has 1 amide bonds. The van der Waals surface area contributed by atoms with Crippen LogP contribution in [0.5, 0.6) is 0 Å². The SMILES string of the molecule is CC(C)CC(CCO)CNC(=O)c1cc(-c2cccnc2)on1. The molecular weight excluding hydrogens is 294 g/mol. The Morgan fingerprint density at radius 2 is 2.26 bits per heavy atom. The lowest BCUT2D eigenvalue weighted by atomic mass is 9.94. The number of carbonyl (C=O) groups is 1. The summed E-state index contributed by atoms with van der Waals surface area (Å²) in [5.74, 6) is 1.02. The Hall–Kier alpha value is -2.21. The van der Waals surface area contributed by atoms with E-state index in [-0.39, 0.29) is 24.1 Å². The zero-order valence-electron chi connectivity index (χ0n) is 13.5. The summed E-state index contributed by atoms with van der Waals surface area (Å²) in [7, 11) is 0. The first-order chi connectivity index (χ1) is 11.1. The smallest absolute Gasteiger partial charge is 0.273 e. The second-order valence-corrected chi connectivity index (χ2v) is 6.04. The predicted molar refractivity (Wildman–Crippen MR) is 86.7 cm³/mol. The largest absolute Gasteiger partial charge is 0.396 e. The van der Waals surface area contributed by atoms with Crippen LogP contribution in [0.1, 0.15) is 37.2 Å². The van der Waals surface area contributed by atoms with Crippen LogP contribution >= 0.6 is 0 Å². The highest BCUT2D eigenvalue weighted by molar-refractivity contribution is 5.93. The summed E-state index contributed by atoms with van der Waals surface area (Å²) in [5, 5.41) is 15.8. The summed E-state index contributed by atoms with van der Waals surface area (Å²) < 4.78 is 5.20. The van der Waals surface area contributed by atoms with Crippen LogP contribution in [0.3, 0.4) is 0 Å². The van der Waals surface area contributed by atoms with E-state index in [1.807, 2.05) is 6.07 Å². The highest BCUT2D eigenvalue weighted by atomic mass is 16.5. The predicted octanol–water partition coefficient (Wildman–Crippen LogP) is 2.51. The molecule has 124 valence electrons. The van der Waals surface area contributed by atoms with Gasteiger partial charge >= 0.3 is 0 Å². The highest BCUT2D eigenvalue weighted by Crippen LogP contribution is 2.19. The van der Waals surface area contributed by atoms with Gasteiger partial charge in [0, 0.05) is 37.2 Å². The van der Waals surface area contributed by atoms with Crippen molar-refractivity contribution in [1.29, 1.82) is 0 Å². The van der Waals surface area contributed by atoms with Gasteiger partial charge in [0.25, 0.3) is 5.91 Å². The molecule has 2 aromatic heterocycles. The van der Waals surface area contributed by atoms with Crippen molar-refractivity contribution in [2.75, 3.05) is 13.2 Å². The molecule has 0 saturated heterocycles. The van der Waals surface area contributed by atoms with E-state index in [0.29, 0.717) is 24.6 Å². The van der Waals surface area contributed by atoms with Gasteiger partial charge in [-0.1, -0.05) is 19.0 Å². The summed E-state index contributed by atoms with van der Waals surface area (Å²) >= 11 is 0. The molecule has 0 aromatic carbocycles. The van der Waals surface area contributed by atoms with Gasteiger partial charge in [0.1, 0.15) is 0 Å². The van der Waals surface area contributed by atoms with E-state index >= 15 is 0 Å². The molecule has 0 aliphatic rings.